The van der Waals surface area contributed by atoms with Crippen LogP contribution in [0.15, 0.2) is 30.3 Å². The molecule has 6 nitrogen and oxygen atoms in total. The van der Waals surface area contributed by atoms with Crippen molar-refractivity contribution >= 4 is 40.3 Å². The number of likely N-dealkylation sites (tertiary alicyclic amines) is 1. The molecule has 3 fully saturated rings. The Morgan fingerprint density at radius 3 is 2.33 bits per heavy atom. The molecule has 2 saturated heterocycles. The third-order valence-electron chi connectivity index (χ3n) is 7.10. The summed E-state index contributed by atoms with van der Waals surface area (Å²) in [5.41, 5.74) is 1.89. The third-order valence-corrected chi connectivity index (χ3v) is 8.73. The highest BCUT2D eigenvalue weighted by atomic mass is 35.5. The zero-order valence-electron chi connectivity index (χ0n) is 20.0. The van der Waals surface area contributed by atoms with Gasteiger partial charge >= 0.3 is 0 Å². The van der Waals surface area contributed by atoms with Gasteiger partial charge in [0, 0.05) is 35.7 Å². The zero-order valence-corrected chi connectivity index (χ0v) is 22.3. The largest absolute Gasteiger partial charge is 0.493 e. The van der Waals surface area contributed by atoms with Crippen molar-refractivity contribution in [3.05, 3.63) is 62.9 Å². The van der Waals surface area contributed by atoms with E-state index in [4.69, 9.17) is 27.9 Å². The molecule has 1 atom stereocenters. The first-order valence-electron chi connectivity index (χ1n) is 12.5. The number of hydrogen-bond acceptors (Lipinski definition) is 4. The van der Waals surface area contributed by atoms with Crippen LogP contribution in [0.2, 0.25) is 10.0 Å². The normalized spacial score (nSPS) is 20.1. The summed E-state index contributed by atoms with van der Waals surface area (Å²) in [4.78, 5) is 15.0. The molecule has 3 aliphatic rings. The molecule has 2 aliphatic heterocycles. The average Bonchev–Trinajstić information content (AvgIpc) is 3.62. The number of benzene rings is 2. The maximum atomic E-state index is 14.9. The van der Waals surface area contributed by atoms with E-state index in [0.29, 0.717) is 41.4 Å². The fourth-order valence-electron chi connectivity index (χ4n) is 4.72. The monoisotopic (exact) mass is 553 g/mol. The van der Waals surface area contributed by atoms with Gasteiger partial charge in [0.1, 0.15) is 11.6 Å². The first-order chi connectivity index (χ1) is 17.4. The summed E-state index contributed by atoms with van der Waals surface area (Å²) in [5.74, 6) is -0.130. The standard InChI is InChI=1S/C26H30Cl2FN3O3S/c27-20-10-18(11-21(28)12-20)15-31-8-4-17(5-9-31)16-35-25-14-24(29)23(13-22(25)19-2-3-19)26(33)30-36(34)32-6-1-7-32/h10-14,17,19H,1-9,15-16H2,(H,30,33). The van der Waals surface area contributed by atoms with E-state index < -0.39 is 22.9 Å². The van der Waals surface area contributed by atoms with Crippen LogP contribution in [-0.4, -0.2) is 52.1 Å². The molecule has 1 aliphatic carbocycles. The van der Waals surface area contributed by atoms with E-state index in [1.807, 2.05) is 12.1 Å². The molecule has 10 heteroatoms. The molecule has 194 valence electrons. The summed E-state index contributed by atoms with van der Waals surface area (Å²) in [5, 5.41) is 1.29. The second-order valence-corrected chi connectivity index (χ2v) is 12.0. The molecule has 0 spiro atoms. The van der Waals surface area contributed by atoms with Crippen molar-refractivity contribution in [1.82, 2.24) is 13.9 Å². The SMILES string of the molecule is O=C(NS(=O)N1CCC1)c1cc(C2CC2)c(OCC2CCN(Cc3cc(Cl)cc(Cl)c3)CC2)cc1F. The minimum atomic E-state index is -1.63. The van der Waals surface area contributed by atoms with Crippen LogP contribution in [0.1, 0.15) is 59.5 Å². The number of hydrogen-bond donors (Lipinski definition) is 1. The van der Waals surface area contributed by atoms with Crippen molar-refractivity contribution in [1.29, 1.82) is 0 Å². The van der Waals surface area contributed by atoms with Gasteiger partial charge in [0.2, 0.25) is 0 Å². The van der Waals surface area contributed by atoms with Crippen LogP contribution in [0, 0.1) is 11.7 Å². The number of nitrogens with one attached hydrogen (secondary N) is 1. The first-order valence-corrected chi connectivity index (χ1v) is 14.3. The van der Waals surface area contributed by atoms with E-state index in [1.165, 1.54) is 6.07 Å². The maximum absolute atomic E-state index is 14.9. The molecule has 2 aromatic rings. The highest BCUT2D eigenvalue weighted by Crippen LogP contribution is 2.45. The lowest BCUT2D eigenvalue weighted by atomic mass is 9.97. The lowest BCUT2D eigenvalue weighted by Gasteiger charge is -2.32. The van der Waals surface area contributed by atoms with Gasteiger partial charge in [-0.3, -0.25) is 14.4 Å². The number of carbonyl (C=O) groups is 1. The molecule has 0 aromatic heterocycles. The summed E-state index contributed by atoms with van der Waals surface area (Å²) in [6.07, 6.45) is 4.91. The molecule has 1 unspecified atom stereocenters. The van der Waals surface area contributed by atoms with E-state index in [0.717, 1.165) is 62.9 Å². The summed E-state index contributed by atoms with van der Waals surface area (Å²) in [6, 6.07) is 8.55. The molecule has 0 radical (unpaired) electrons. The molecule has 1 amide bonds. The minimum Gasteiger partial charge on any atom is -0.493 e. The highest BCUT2D eigenvalue weighted by Gasteiger charge is 2.31. The zero-order chi connectivity index (χ0) is 25.2. The van der Waals surface area contributed by atoms with Gasteiger partial charge in [-0.2, -0.15) is 0 Å². The number of ether oxygens (including phenoxy) is 1. The summed E-state index contributed by atoms with van der Waals surface area (Å²) < 4.78 is 37.3. The number of halogens is 3. The van der Waals surface area contributed by atoms with Crippen molar-refractivity contribution < 1.29 is 18.1 Å². The topological polar surface area (TPSA) is 61.9 Å². The van der Waals surface area contributed by atoms with Crippen molar-refractivity contribution in [3.63, 3.8) is 0 Å². The van der Waals surface area contributed by atoms with E-state index in [-0.39, 0.29) is 11.5 Å². The molecule has 1 N–H and O–H groups in total. The van der Waals surface area contributed by atoms with Gasteiger partial charge in [-0.25, -0.2) is 12.9 Å². The smallest absolute Gasteiger partial charge is 0.266 e. The highest BCUT2D eigenvalue weighted by molar-refractivity contribution is 7.81. The van der Waals surface area contributed by atoms with E-state index in [2.05, 4.69) is 9.62 Å². The van der Waals surface area contributed by atoms with E-state index in [1.54, 1.807) is 16.4 Å². The fourth-order valence-corrected chi connectivity index (χ4v) is 6.27. The van der Waals surface area contributed by atoms with Crippen LogP contribution < -0.4 is 9.46 Å². The maximum Gasteiger partial charge on any atom is 0.266 e. The van der Waals surface area contributed by atoms with Crippen molar-refractivity contribution in [2.45, 2.75) is 44.6 Å². The Morgan fingerprint density at radius 2 is 1.72 bits per heavy atom. The molecule has 0 bridgehead atoms. The molecule has 2 aromatic carbocycles. The van der Waals surface area contributed by atoms with Gasteiger partial charge in [-0.15, -0.1) is 0 Å². The van der Waals surface area contributed by atoms with Gasteiger partial charge in [-0.1, -0.05) is 23.2 Å². The quantitative estimate of drug-likeness (QED) is 0.456. The molecule has 5 rings (SSSR count). The number of amides is 1. The van der Waals surface area contributed by atoms with Crippen LogP contribution >= 0.6 is 23.2 Å². The Hall–Kier alpha value is -1.71. The Morgan fingerprint density at radius 1 is 1.03 bits per heavy atom. The molecule has 2 heterocycles. The summed E-state index contributed by atoms with van der Waals surface area (Å²) in [7, 11) is 0. The number of carbonyl (C=O) groups excluding carboxylic acids is 1. The molecular weight excluding hydrogens is 524 g/mol. The molecular formula is C26H30Cl2FN3O3S. The lowest BCUT2D eigenvalue weighted by Crippen LogP contribution is -2.45. The lowest BCUT2D eigenvalue weighted by molar-refractivity contribution is 0.0976. The van der Waals surface area contributed by atoms with Crippen LogP contribution in [0.25, 0.3) is 0 Å². The van der Waals surface area contributed by atoms with Crippen molar-refractivity contribution in [3.8, 4) is 5.75 Å². The molecule has 36 heavy (non-hydrogen) atoms. The minimum absolute atomic E-state index is 0.0763. The van der Waals surface area contributed by atoms with Crippen LogP contribution in [-0.2, 0) is 17.7 Å². The van der Waals surface area contributed by atoms with E-state index >= 15 is 0 Å². The Kier molecular flexibility index (Phi) is 8.17. The summed E-state index contributed by atoms with van der Waals surface area (Å²) in [6.45, 7) is 4.54. The average molecular weight is 555 g/mol. The fraction of sp³-hybridized carbons (Fsp3) is 0.500. The van der Waals surface area contributed by atoms with Gasteiger partial charge in [0.15, 0.2) is 11.2 Å². The second-order valence-electron chi connectivity index (χ2n) is 9.92. The number of piperidine rings is 1. The second kappa shape index (κ2) is 11.4. The van der Waals surface area contributed by atoms with E-state index in [9.17, 15) is 13.4 Å². The van der Waals surface area contributed by atoms with Gasteiger partial charge in [0.25, 0.3) is 5.91 Å². The van der Waals surface area contributed by atoms with Crippen LogP contribution in [0.3, 0.4) is 0 Å². The number of rotatable bonds is 9. The predicted octanol–water partition coefficient (Wildman–Crippen LogP) is 5.32. The first kappa shape index (κ1) is 25.9. The Labute approximate surface area is 223 Å². The Balaban J connectivity index is 1.17. The Bertz CT molecular complexity index is 1130. The molecule has 1 saturated carbocycles. The third kappa shape index (κ3) is 6.40. The van der Waals surface area contributed by atoms with Gasteiger partial charge < -0.3 is 4.74 Å². The van der Waals surface area contributed by atoms with Crippen molar-refractivity contribution in [2.75, 3.05) is 32.8 Å². The van der Waals surface area contributed by atoms with Crippen LogP contribution in [0.4, 0.5) is 4.39 Å². The predicted molar refractivity (Wildman–Crippen MR) is 140 cm³/mol. The van der Waals surface area contributed by atoms with Crippen LogP contribution in [0.5, 0.6) is 5.75 Å². The van der Waals surface area contributed by atoms with Gasteiger partial charge in [-0.05, 0) is 92.4 Å². The van der Waals surface area contributed by atoms with Gasteiger partial charge in [0.05, 0.1) is 12.2 Å². The summed E-state index contributed by atoms with van der Waals surface area (Å²) >= 11 is 10.6. The number of nitrogens with zero attached hydrogens (tertiary/aromatic N) is 2. The van der Waals surface area contributed by atoms with Crippen molar-refractivity contribution in [2.24, 2.45) is 5.92 Å².